The summed E-state index contributed by atoms with van der Waals surface area (Å²) in [6.45, 7) is 5.06. The summed E-state index contributed by atoms with van der Waals surface area (Å²) in [7, 11) is 0. The van der Waals surface area contributed by atoms with E-state index in [1.807, 2.05) is 9.80 Å². The van der Waals surface area contributed by atoms with E-state index in [-0.39, 0.29) is 11.7 Å². The molecule has 142 valence electrons. The molecule has 0 saturated carbocycles. The summed E-state index contributed by atoms with van der Waals surface area (Å²) in [5.41, 5.74) is 6.25. The Bertz CT molecular complexity index is 681. The van der Waals surface area contributed by atoms with E-state index in [0.717, 1.165) is 0 Å². The van der Waals surface area contributed by atoms with Crippen LogP contribution < -0.4 is 10.6 Å². The van der Waals surface area contributed by atoms with Gasteiger partial charge >= 0.3 is 0 Å². The Morgan fingerprint density at radius 3 is 2.38 bits per heavy atom. The largest absolute Gasteiger partial charge is 0.381 e. The molecule has 0 unspecified atom stereocenters. The second kappa shape index (κ2) is 7.72. The summed E-state index contributed by atoms with van der Waals surface area (Å²) in [4.78, 5) is 28.1. The first-order valence-electron chi connectivity index (χ1n) is 9.09. The molecule has 1 amide bonds. The molecule has 7 heteroatoms. The number of halogens is 1. The van der Waals surface area contributed by atoms with Gasteiger partial charge in [-0.25, -0.2) is 4.39 Å². The fraction of sp³-hybridized carbons (Fsp3) is 0.579. The van der Waals surface area contributed by atoms with Gasteiger partial charge in [0.15, 0.2) is 5.78 Å². The molecule has 3 rings (SSSR count). The Kier molecular flexibility index (Phi) is 5.58. The molecule has 26 heavy (non-hydrogen) atoms. The minimum absolute atomic E-state index is 0.0929. The smallest absolute Gasteiger partial charge is 0.230 e. The number of piperazine rings is 1. The van der Waals surface area contributed by atoms with Gasteiger partial charge in [0.2, 0.25) is 5.91 Å². The van der Waals surface area contributed by atoms with E-state index in [2.05, 4.69) is 0 Å². The van der Waals surface area contributed by atoms with Gasteiger partial charge in [-0.1, -0.05) is 0 Å². The number of ether oxygens (including phenoxy) is 1. The van der Waals surface area contributed by atoms with Crippen molar-refractivity contribution >= 4 is 17.4 Å². The minimum atomic E-state index is -0.519. The lowest BCUT2D eigenvalue weighted by molar-refractivity contribution is -0.147. The highest BCUT2D eigenvalue weighted by molar-refractivity contribution is 5.94. The van der Waals surface area contributed by atoms with E-state index in [9.17, 15) is 14.0 Å². The first kappa shape index (κ1) is 18.8. The number of carbonyl (C=O) groups excluding carboxylic acids is 2. The molecule has 2 heterocycles. The zero-order valence-electron chi connectivity index (χ0n) is 15.2. The third-order valence-corrected chi connectivity index (χ3v) is 5.56. The molecule has 0 spiro atoms. The number of Topliss-reactive ketones (excluding diaryl/α,β-unsaturated/α-hetero) is 1. The molecule has 2 fully saturated rings. The van der Waals surface area contributed by atoms with Crippen LogP contribution in [0.1, 0.15) is 30.1 Å². The third kappa shape index (κ3) is 3.59. The van der Waals surface area contributed by atoms with Gasteiger partial charge in [-0.3, -0.25) is 9.59 Å². The zero-order chi connectivity index (χ0) is 18.7. The molecular weight excluding hydrogens is 337 g/mol. The van der Waals surface area contributed by atoms with Crippen LogP contribution in [0.5, 0.6) is 0 Å². The average molecular weight is 363 g/mol. The second-order valence-electron chi connectivity index (χ2n) is 7.10. The Morgan fingerprint density at radius 1 is 1.19 bits per heavy atom. The SMILES string of the molecule is CC(=O)c1ccc(N2CCN(C(=O)C3(CN)CCOCC3)CC2)c(F)c1. The number of carbonyl (C=O) groups is 2. The Balaban J connectivity index is 1.65. The average Bonchev–Trinajstić information content (AvgIpc) is 2.68. The molecule has 6 nitrogen and oxygen atoms in total. The summed E-state index contributed by atoms with van der Waals surface area (Å²) in [5.74, 6) is -0.468. The van der Waals surface area contributed by atoms with Crippen LogP contribution in [0.15, 0.2) is 18.2 Å². The monoisotopic (exact) mass is 363 g/mol. The second-order valence-corrected chi connectivity index (χ2v) is 7.10. The first-order chi connectivity index (χ1) is 12.5. The third-order valence-electron chi connectivity index (χ3n) is 5.56. The molecule has 2 aliphatic rings. The highest BCUT2D eigenvalue weighted by Crippen LogP contribution is 2.32. The van der Waals surface area contributed by atoms with Crippen LogP contribution in [-0.4, -0.2) is 62.5 Å². The predicted octanol–water partition coefficient (Wildman–Crippen LogP) is 1.43. The molecule has 2 saturated heterocycles. The molecule has 1 aromatic carbocycles. The highest BCUT2D eigenvalue weighted by Gasteiger charge is 2.42. The standard InChI is InChI=1S/C19H26FN3O3/c1-14(24)15-2-3-17(16(20)12-15)22-6-8-23(9-7-22)18(25)19(13-21)4-10-26-11-5-19/h2-3,12H,4-11,13,21H2,1H3. The molecule has 1 aromatic rings. The van der Waals surface area contributed by atoms with Crippen molar-refractivity contribution < 1.29 is 18.7 Å². The number of rotatable bonds is 4. The van der Waals surface area contributed by atoms with Crippen LogP contribution in [0, 0.1) is 11.2 Å². The van der Waals surface area contributed by atoms with E-state index in [4.69, 9.17) is 10.5 Å². The van der Waals surface area contributed by atoms with Crippen LogP contribution in [0.2, 0.25) is 0 Å². The van der Waals surface area contributed by atoms with Gasteiger partial charge in [0.05, 0.1) is 11.1 Å². The Labute approximate surface area is 153 Å². The number of benzene rings is 1. The van der Waals surface area contributed by atoms with Crippen molar-refractivity contribution in [1.82, 2.24) is 4.90 Å². The van der Waals surface area contributed by atoms with Gasteiger partial charge in [0.1, 0.15) is 5.82 Å². The maximum atomic E-state index is 14.4. The number of amides is 1. The maximum Gasteiger partial charge on any atom is 0.230 e. The number of nitrogens with zero attached hydrogens (tertiary/aromatic N) is 2. The summed E-state index contributed by atoms with van der Waals surface area (Å²) in [5, 5.41) is 0. The van der Waals surface area contributed by atoms with Crippen LogP contribution in [-0.2, 0) is 9.53 Å². The maximum absolute atomic E-state index is 14.4. The van der Waals surface area contributed by atoms with E-state index in [1.165, 1.54) is 13.0 Å². The van der Waals surface area contributed by atoms with Crippen molar-refractivity contribution in [1.29, 1.82) is 0 Å². The summed E-state index contributed by atoms with van der Waals surface area (Å²) in [6, 6.07) is 4.56. The number of anilines is 1. The fourth-order valence-corrected chi connectivity index (χ4v) is 3.74. The normalized spacial score (nSPS) is 20.1. The van der Waals surface area contributed by atoms with Crippen LogP contribution >= 0.6 is 0 Å². The minimum Gasteiger partial charge on any atom is -0.381 e. The number of hydrogen-bond acceptors (Lipinski definition) is 5. The number of nitrogens with two attached hydrogens (primary N) is 1. The lowest BCUT2D eigenvalue weighted by atomic mass is 9.78. The van der Waals surface area contributed by atoms with Crippen LogP contribution in [0.4, 0.5) is 10.1 Å². The van der Waals surface area contributed by atoms with Crippen molar-refractivity contribution in [3.05, 3.63) is 29.6 Å². The quantitative estimate of drug-likeness (QED) is 0.819. The fourth-order valence-electron chi connectivity index (χ4n) is 3.74. The van der Waals surface area contributed by atoms with Crippen molar-refractivity contribution in [3.63, 3.8) is 0 Å². The molecule has 0 bridgehead atoms. The van der Waals surface area contributed by atoms with Gasteiger partial charge in [0.25, 0.3) is 0 Å². The van der Waals surface area contributed by atoms with E-state index in [0.29, 0.717) is 70.0 Å². The summed E-state index contributed by atoms with van der Waals surface area (Å²) < 4.78 is 19.7. The van der Waals surface area contributed by atoms with Crippen LogP contribution in [0.3, 0.4) is 0 Å². The molecular formula is C19H26FN3O3. The first-order valence-corrected chi connectivity index (χ1v) is 9.09. The van der Waals surface area contributed by atoms with Gasteiger partial charge in [0, 0.05) is 51.5 Å². The highest BCUT2D eigenvalue weighted by atomic mass is 19.1. The van der Waals surface area contributed by atoms with Gasteiger partial charge in [-0.15, -0.1) is 0 Å². The van der Waals surface area contributed by atoms with Gasteiger partial charge < -0.3 is 20.3 Å². The molecule has 0 atom stereocenters. The molecule has 0 aromatic heterocycles. The lowest BCUT2D eigenvalue weighted by Gasteiger charge is -2.42. The molecule has 0 radical (unpaired) electrons. The van der Waals surface area contributed by atoms with Crippen molar-refractivity contribution in [2.75, 3.05) is 50.8 Å². The predicted molar refractivity (Wildman–Crippen MR) is 96.7 cm³/mol. The van der Waals surface area contributed by atoms with E-state index >= 15 is 0 Å². The van der Waals surface area contributed by atoms with Gasteiger partial charge in [-0.2, -0.15) is 0 Å². The molecule has 2 aliphatic heterocycles. The topological polar surface area (TPSA) is 75.9 Å². The van der Waals surface area contributed by atoms with Crippen molar-refractivity contribution in [2.45, 2.75) is 19.8 Å². The zero-order valence-corrected chi connectivity index (χ0v) is 15.2. The summed E-state index contributed by atoms with van der Waals surface area (Å²) >= 11 is 0. The van der Waals surface area contributed by atoms with Crippen molar-refractivity contribution in [3.8, 4) is 0 Å². The Hall–Kier alpha value is -1.99. The van der Waals surface area contributed by atoms with E-state index < -0.39 is 11.2 Å². The van der Waals surface area contributed by atoms with E-state index in [1.54, 1.807) is 12.1 Å². The molecule has 0 aliphatic carbocycles. The summed E-state index contributed by atoms with van der Waals surface area (Å²) in [6.07, 6.45) is 1.31. The molecule has 2 N–H and O–H groups in total. The van der Waals surface area contributed by atoms with Crippen molar-refractivity contribution in [2.24, 2.45) is 11.1 Å². The number of hydrogen-bond donors (Lipinski definition) is 1. The number of ketones is 1. The van der Waals surface area contributed by atoms with Gasteiger partial charge in [-0.05, 0) is 38.0 Å². The Morgan fingerprint density at radius 2 is 1.85 bits per heavy atom. The van der Waals surface area contributed by atoms with Crippen LogP contribution in [0.25, 0.3) is 0 Å². The lowest BCUT2D eigenvalue weighted by Crippen LogP contribution is -2.56.